The predicted molar refractivity (Wildman–Crippen MR) is 249 cm³/mol. The molecule has 0 fully saturated rings. The Kier molecular flexibility index (Phi) is 7.54. The van der Waals surface area contributed by atoms with E-state index >= 15 is 0 Å². The van der Waals surface area contributed by atoms with Gasteiger partial charge in [-0.05, 0) is 111 Å². The molecule has 12 aromatic rings. The van der Waals surface area contributed by atoms with Crippen molar-refractivity contribution in [2.75, 3.05) is 4.90 Å². The Hall–Kier alpha value is -7.88. The zero-order valence-corrected chi connectivity index (χ0v) is 32.1. The van der Waals surface area contributed by atoms with Gasteiger partial charge in [0.2, 0.25) is 0 Å². The molecule has 2 heterocycles. The maximum atomic E-state index is 6.68. The monoisotopic (exact) mass is 752 g/mol. The number of anilines is 3. The second kappa shape index (κ2) is 13.4. The van der Waals surface area contributed by atoms with E-state index in [2.05, 4.69) is 228 Å². The molecule has 0 amide bonds. The number of nitrogens with zero attached hydrogens (tertiary/aromatic N) is 2. The van der Waals surface area contributed by atoms with Crippen molar-refractivity contribution in [1.82, 2.24) is 4.57 Å². The lowest BCUT2D eigenvalue weighted by molar-refractivity contribution is 0.672. The number of benzene rings is 10. The molecule has 0 saturated heterocycles. The maximum absolute atomic E-state index is 6.68. The van der Waals surface area contributed by atoms with Crippen LogP contribution in [0, 0.1) is 0 Å². The molecule has 0 radical (unpaired) electrons. The SMILES string of the molecule is c1cc(-c2ccc(N(c3ccc(-c4ccc5ccccc5c4)cc3)c3cccc4oc5c6ccccc6ccc5c34)cc2)cc(-n2c3ccccc3c3ccccc32)c1. The summed E-state index contributed by atoms with van der Waals surface area (Å²) in [4.78, 5) is 2.37. The Morgan fingerprint density at radius 1 is 0.356 bits per heavy atom. The summed E-state index contributed by atoms with van der Waals surface area (Å²) in [5.74, 6) is 0. The van der Waals surface area contributed by atoms with Gasteiger partial charge >= 0.3 is 0 Å². The van der Waals surface area contributed by atoms with E-state index in [1.165, 1.54) is 49.1 Å². The Bertz CT molecular complexity index is 3500. The van der Waals surface area contributed by atoms with Crippen molar-refractivity contribution >= 4 is 82.4 Å². The molecule has 0 atom stereocenters. The van der Waals surface area contributed by atoms with Crippen molar-refractivity contribution < 1.29 is 4.42 Å². The minimum Gasteiger partial charge on any atom is -0.455 e. The summed E-state index contributed by atoms with van der Waals surface area (Å²) in [5.41, 5.74) is 13.2. The number of aromatic nitrogens is 1. The largest absolute Gasteiger partial charge is 0.455 e. The molecule has 0 spiro atoms. The first kappa shape index (κ1) is 33.3. The van der Waals surface area contributed by atoms with Gasteiger partial charge in [0, 0.05) is 38.6 Å². The molecule has 0 aliphatic heterocycles. The van der Waals surface area contributed by atoms with Crippen LogP contribution in [0.3, 0.4) is 0 Å². The maximum Gasteiger partial charge on any atom is 0.143 e. The quantitative estimate of drug-likeness (QED) is 0.169. The fraction of sp³-hybridized carbons (Fsp3) is 0. The average Bonchev–Trinajstić information content (AvgIpc) is 3.86. The van der Waals surface area contributed by atoms with E-state index in [1.54, 1.807) is 0 Å². The normalized spacial score (nSPS) is 11.7. The Morgan fingerprint density at radius 3 is 1.63 bits per heavy atom. The smallest absolute Gasteiger partial charge is 0.143 e. The molecule has 2 aromatic heterocycles. The summed E-state index contributed by atoms with van der Waals surface area (Å²) >= 11 is 0. The third kappa shape index (κ3) is 5.44. The molecule has 0 aliphatic carbocycles. The van der Waals surface area contributed by atoms with Gasteiger partial charge in [0.1, 0.15) is 11.2 Å². The minimum atomic E-state index is 0.866. The van der Waals surface area contributed by atoms with Gasteiger partial charge in [-0.3, -0.25) is 0 Å². The van der Waals surface area contributed by atoms with Crippen LogP contribution in [0.15, 0.2) is 223 Å². The van der Waals surface area contributed by atoms with Crippen LogP contribution in [0.4, 0.5) is 17.1 Å². The van der Waals surface area contributed by atoms with Crippen LogP contribution >= 0.6 is 0 Å². The Labute approximate surface area is 341 Å². The molecule has 0 aliphatic rings. The first-order valence-electron chi connectivity index (χ1n) is 20.2. The van der Waals surface area contributed by atoms with Gasteiger partial charge in [-0.15, -0.1) is 0 Å². The summed E-state index contributed by atoms with van der Waals surface area (Å²) in [7, 11) is 0. The standard InChI is InChI=1S/C56H36N2O/c1-2-13-41-35-43(24-23-37(41)11-1)39-27-32-45(33-28-39)57(53-21-10-22-54-55(53)50-34-29-40-12-3-4-16-47(40)56(50)59-54)44-30-25-38(26-31-44)42-14-9-15-46(36-42)58-51-19-7-5-17-48(51)49-18-6-8-20-52(49)58/h1-36H. The fourth-order valence-electron chi connectivity index (χ4n) is 9.15. The highest BCUT2D eigenvalue weighted by Crippen LogP contribution is 2.45. The lowest BCUT2D eigenvalue weighted by atomic mass is 10.00. The summed E-state index contributed by atoms with van der Waals surface area (Å²) in [6.07, 6.45) is 0. The third-order valence-corrected chi connectivity index (χ3v) is 12.0. The van der Waals surface area contributed by atoms with E-state index < -0.39 is 0 Å². The van der Waals surface area contributed by atoms with E-state index in [-0.39, 0.29) is 0 Å². The molecule has 0 N–H and O–H groups in total. The van der Waals surface area contributed by atoms with Crippen LogP contribution in [-0.2, 0) is 0 Å². The Morgan fingerprint density at radius 2 is 0.915 bits per heavy atom. The zero-order valence-electron chi connectivity index (χ0n) is 32.1. The summed E-state index contributed by atoms with van der Waals surface area (Å²) in [6, 6.07) is 78.7. The average molecular weight is 753 g/mol. The second-order valence-corrected chi connectivity index (χ2v) is 15.3. The predicted octanol–water partition coefficient (Wildman–Crippen LogP) is 15.8. The van der Waals surface area contributed by atoms with E-state index in [0.29, 0.717) is 0 Å². The highest BCUT2D eigenvalue weighted by atomic mass is 16.3. The molecule has 0 saturated carbocycles. The van der Waals surface area contributed by atoms with Crippen LogP contribution in [0.1, 0.15) is 0 Å². The van der Waals surface area contributed by atoms with Crippen LogP contribution in [0.25, 0.3) is 93.2 Å². The van der Waals surface area contributed by atoms with E-state index in [1.807, 2.05) is 0 Å². The van der Waals surface area contributed by atoms with Gasteiger partial charge in [-0.25, -0.2) is 0 Å². The van der Waals surface area contributed by atoms with Gasteiger partial charge in [0.25, 0.3) is 0 Å². The van der Waals surface area contributed by atoms with Crippen molar-refractivity contribution in [2.45, 2.75) is 0 Å². The van der Waals surface area contributed by atoms with Crippen molar-refractivity contribution in [3.05, 3.63) is 218 Å². The number of rotatable bonds is 6. The first-order chi connectivity index (χ1) is 29.2. The number of fused-ring (bicyclic) bond motifs is 9. The molecule has 59 heavy (non-hydrogen) atoms. The van der Waals surface area contributed by atoms with E-state index in [0.717, 1.165) is 61.2 Å². The second-order valence-electron chi connectivity index (χ2n) is 15.3. The molecule has 0 bridgehead atoms. The minimum absolute atomic E-state index is 0.866. The molecular weight excluding hydrogens is 717 g/mol. The van der Waals surface area contributed by atoms with Crippen LogP contribution in [0.2, 0.25) is 0 Å². The summed E-state index contributed by atoms with van der Waals surface area (Å²) < 4.78 is 9.06. The molecule has 3 nitrogen and oxygen atoms in total. The van der Waals surface area contributed by atoms with Crippen molar-refractivity contribution in [3.8, 4) is 27.9 Å². The number of hydrogen-bond acceptors (Lipinski definition) is 2. The summed E-state index contributed by atoms with van der Waals surface area (Å²) in [6.45, 7) is 0. The van der Waals surface area contributed by atoms with Gasteiger partial charge in [-0.1, -0.05) is 146 Å². The van der Waals surface area contributed by atoms with Crippen molar-refractivity contribution in [2.24, 2.45) is 0 Å². The topological polar surface area (TPSA) is 21.3 Å². The number of furan rings is 1. The third-order valence-electron chi connectivity index (χ3n) is 12.0. The zero-order chi connectivity index (χ0) is 38.9. The number of para-hydroxylation sites is 2. The van der Waals surface area contributed by atoms with Crippen molar-refractivity contribution in [3.63, 3.8) is 0 Å². The van der Waals surface area contributed by atoms with E-state index in [4.69, 9.17) is 4.42 Å². The van der Waals surface area contributed by atoms with Gasteiger partial charge in [0.05, 0.1) is 22.1 Å². The Balaban J connectivity index is 0.988. The first-order valence-corrected chi connectivity index (χ1v) is 20.2. The van der Waals surface area contributed by atoms with Crippen LogP contribution in [0.5, 0.6) is 0 Å². The molecule has 276 valence electrons. The number of hydrogen-bond donors (Lipinski definition) is 0. The van der Waals surface area contributed by atoms with Crippen LogP contribution < -0.4 is 4.90 Å². The highest BCUT2D eigenvalue weighted by Gasteiger charge is 2.21. The molecular formula is C56H36N2O. The lowest BCUT2D eigenvalue weighted by Crippen LogP contribution is -2.10. The van der Waals surface area contributed by atoms with Gasteiger partial charge in [0.15, 0.2) is 0 Å². The van der Waals surface area contributed by atoms with E-state index in [9.17, 15) is 0 Å². The van der Waals surface area contributed by atoms with Gasteiger partial charge in [-0.2, -0.15) is 0 Å². The van der Waals surface area contributed by atoms with Gasteiger partial charge < -0.3 is 13.9 Å². The highest BCUT2D eigenvalue weighted by molar-refractivity contribution is 6.19. The molecule has 3 heteroatoms. The molecule has 12 rings (SSSR count). The van der Waals surface area contributed by atoms with Crippen molar-refractivity contribution in [1.29, 1.82) is 0 Å². The summed E-state index contributed by atoms with van der Waals surface area (Å²) in [5, 5.41) is 9.48. The fourth-order valence-corrected chi connectivity index (χ4v) is 9.15. The molecule has 0 unspecified atom stereocenters. The van der Waals surface area contributed by atoms with Crippen LogP contribution in [-0.4, -0.2) is 4.57 Å². The molecule has 10 aromatic carbocycles. The lowest BCUT2D eigenvalue weighted by Gasteiger charge is -2.26.